The predicted octanol–water partition coefficient (Wildman–Crippen LogP) is 2.20. The SMILES string of the molecule is CN=C(NCc1ccc(S(=O)(=O)NC)cc1)NCC(C)Cc1cccs1. The Hall–Kier alpha value is -1.90. The second-order valence-electron chi connectivity index (χ2n) is 6.05. The van der Waals surface area contributed by atoms with Crippen molar-refractivity contribution in [1.29, 1.82) is 0 Å². The van der Waals surface area contributed by atoms with Gasteiger partial charge < -0.3 is 10.6 Å². The average molecular weight is 395 g/mol. The summed E-state index contributed by atoms with van der Waals surface area (Å²) in [6.45, 7) is 3.61. The van der Waals surface area contributed by atoms with Gasteiger partial charge in [0, 0.05) is 25.0 Å². The molecule has 0 bridgehead atoms. The maximum Gasteiger partial charge on any atom is 0.240 e. The van der Waals surface area contributed by atoms with E-state index in [9.17, 15) is 8.42 Å². The van der Waals surface area contributed by atoms with Gasteiger partial charge in [0.25, 0.3) is 0 Å². The van der Waals surface area contributed by atoms with E-state index in [0.29, 0.717) is 12.5 Å². The molecule has 0 spiro atoms. The topological polar surface area (TPSA) is 82.6 Å². The fourth-order valence-electron chi connectivity index (χ4n) is 2.43. The van der Waals surface area contributed by atoms with Crippen LogP contribution in [0.4, 0.5) is 0 Å². The molecule has 0 saturated carbocycles. The number of nitrogens with zero attached hydrogens (tertiary/aromatic N) is 1. The molecule has 0 fully saturated rings. The molecule has 1 aromatic carbocycles. The summed E-state index contributed by atoms with van der Waals surface area (Å²) < 4.78 is 25.8. The summed E-state index contributed by atoms with van der Waals surface area (Å²) in [5, 5.41) is 8.68. The van der Waals surface area contributed by atoms with E-state index in [1.54, 1.807) is 42.6 Å². The van der Waals surface area contributed by atoms with Gasteiger partial charge in [-0.2, -0.15) is 0 Å². The van der Waals surface area contributed by atoms with Gasteiger partial charge in [-0.3, -0.25) is 4.99 Å². The largest absolute Gasteiger partial charge is 0.356 e. The van der Waals surface area contributed by atoms with Crippen LogP contribution in [0.5, 0.6) is 0 Å². The number of nitrogens with one attached hydrogen (secondary N) is 3. The van der Waals surface area contributed by atoms with Crippen molar-refractivity contribution >= 4 is 27.3 Å². The van der Waals surface area contributed by atoms with Gasteiger partial charge in [-0.05, 0) is 48.5 Å². The quantitative estimate of drug-likeness (QED) is 0.473. The molecular weight excluding hydrogens is 368 g/mol. The Labute approximate surface area is 159 Å². The highest BCUT2D eigenvalue weighted by Crippen LogP contribution is 2.14. The van der Waals surface area contributed by atoms with Crippen molar-refractivity contribution in [3.63, 3.8) is 0 Å². The molecule has 0 aliphatic rings. The monoisotopic (exact) mass is 394 g/mol. The summed E-state index contributed by atoms with van der Waals surface area (Å²) in [4.78, 5) is 5.88. The Balaban J connectivity index is 1.81. The Morgan fingerprint density at radius 2 is 1.92 bits per heavy atom. The van der Waals surface area contributed by atoms with Crippen molar-refractivity contribution in [1.82, 2.24) is 15.4 Å². The standard InChI is InChI=1S/C18H26N4O2S2/c1-14(11-16-5-4-10-25-16)12-21-18(19-2)22-13-15-6-8-17(9-7-15)26(23,24)20-3/h4-10,14,20H,11-13H2,1-3H3,(H2,19,21,22). The van der Waals surface area contributed by atoms with Crippen LogP contribution in [-0.4, -0.2) is 35.0 Å². The molecule has 1 atom stereocenters. The first kappa shape index (κ1) is 20.4. The summed E-state index contributed by atoms with van der Waals surface area (Å²) in [6.07, 6.45) is 1.04. The smallest absolute Gasteiger partial charge is 0.240 e. The van der Waals surface area contributed by atoms with Gasteiger partial charge in [-0.1, -0.05) is 25.1 Å². The molecule has 3 N–H and O–H groups in total. The minimum atomic E-state index is -3.40. The van der Waals surface area contributed by atoms with Crippen LogP contribution in [0.15, 0.2) is 51.7 Å². The van der Waals surface area contributed by atoms with Gasteiger partial charge in [0.15, 0.2) is 5.96 Å². The molecule has 0 aliphatic heterocycles. The first-order chi connectivity index (χ1) is 12.4. The van der Waals surface area contributed by atoms with E-state index >= 15 is 0 Å². The Morgan fingerprint density at radius 1 is 1.19 bits per heavy atom. The van der Waals surface area contributed by atoms with E-state index < -0.39 is 10.0 Å². The summed E-state index contributed by atoms with van der Waals surface area (Å²) in [5.41, 5.74) is 0.981. The van der Waals surface area contributed by atoms with Crippen molar-refractivity contribution in [3.8, 4) is 0 Å². The maximum atomic E-state index is 11.7. The van der Waals surface area contributed by atoms with Crippen molar-refractivity contribution in [2.75, 3.05) is 20.6 Å². The lowest BCUT2D eigenvalue weighted by atomic mass is 10.1. The number of hydrogen-bond donors (Lipinski definition) is 3. The van der Waals surface area contributed by atoms with E-state index in [1.165, 1.54) is 11.9 Å². The van der Waals surface area contributed by atoms with Gasteiger partial charge in [-0.15, -0.1) is 11.3 Å². The highest BCUT2D eigenvalue weighted by Gasteiger charge is 2.10. The van der Waals surface area contributed by atoms with E-state index in [4.69, 9.17) is 0 Å². The van der Waals surface area contributed by atoms with Gasteiger partial charge in [0.05, 0.1) is 4.90 Å². The van der Waals surface area contributed by atoms with Gasteiger partial charge in [-0.25, -0.2) is 13.1 Å². The Morgan fingerprint density at radius 3 is 2.50 bits per heavy atom. The van der Waals surface area contributed by atoms with E-state index in [1.807, 2.05) is 0 Å². The molecule has 1 heterocycles. The molecule has 26 heavy (non-hydrogen) atoms. The van der Waals surface area contributed by atoms with Crippen LogP contribution in [0.3, 0.4) is 0 Å². The van der Waals surface area contributed by atoms with Crippen LogP contribution in [0, 0.1) is 5.92 Å². The fourth-order valence-corrected chi connectivity index (χ4v) is 4.03. The van der Waals surface area contributed by atoms with Crippen molar-refractivity contribution < 1.29 is 8.42 Å². The number of aliphatic imine (C=N–C) groups is 1. The molecule has 0 aliphatic carbocycles. The first-order valence-electron chi connectivity index (χ1n) is 8.44. The lowest BCUT2D eigenvalue weighted by molar-refractivity contribution is 0.562. The maximum absolute atomic E-state index is 11.7. The van der Waals surface area contributed by atoms with Crippen LogP contribution in [0.1, 0.15) is 17.4 Å². The lowest BCUT2D eigenvalue weighted by Gasteiger charge is -2.16. The summed E-state index contributed by atoms with van der Waals surface area (Å²) >= 11 is 1.78. The molecule has 1 aromatic heterocycles. The summed E-state index contributed by atoms with van der Waals surface area (Å²) in [5.74, 6) is 1.23. The molecular formula is C18H26N4O2S2. The number of guanidine groups is 1. The van der Waals surface area contributed by atoms with E-state index in [2.05, 4.69) is 44.8 Å². The fraction of sp³-hybridized carbons (Fsp3) is 0.389. The van der Waals surface area contributed by atoms with Gasteiger partial charge >= 0.3 is 0 Å². The van der Waals surface area contributed by atoms with Crippen molar-refractivity contribution in [2.24, 2.45) is 10.9 Å². The highest BCUT2D eigenvalue weighted by molar-refractivity contribution is 7.89. The van der Waals surface area contributed by atoms with Crippen LogP contribution >= 0.6 is 11.3 Å². The molecule has 6 nitrogen and oxygen atoms in total. The second kappa shape index (κ2) is 9.70. The van der Waals surface area contributed by atoms with Crippen molar-refractivity contribution in [3.05, 3.63) is 52.2 Å². The third-order valence-corrected chi connectivity index (χ3v) is 6.26. The second-order valence-corrected chi connectivity index (χ2v) is 8.97. The summed E-state index contributed by atoms with van der Waals surface area (Å²) in [7, 11) is -0.256. The number of benzene rings is 1. The molecule has 0 amide bonds. The molecule has 8 heteroatoms. The minimum absolute atomic E-state index is 0.258. The summed E-state index contributed by atoms with van der Waals surface area (Å²) in [6, 6.07) is 11.0. The molecule has 2 aromatic rings. The number of hydrogen-bond acceptors (Lipinski definition) is 4. The lowest BCUT2D eigenvalue weighted by Crippen LogP contribution is -2.39. The first-order valence-corrected chi connectivity index (χ1v) is 10.8. The zero-order valence-electron chi connectivity index (χ0n) is 15.3. The minimum Gasteiger partial charge on any atom is -0.356 e. The predicted molar refractivity (Wildman–Crippen MR) is 108 cm³/mol. The van der Waals surface area contributed by atoms with Gasteiger partial charge in [0.1, 0.15) is 0 Å². The zero-order chi connectivity index (χ0) is 19.0. The van der Waals surface area contributed by atoms with Crippen LogP contribution in [-0.2, 0) is 23.0 Å². The molecule has 0 radical (unpaired) electrons. The molecule has 0 saturated heterocycles. The highest BCUT2D eigenvalue weighted by atomic mass is 32.2. The Bertz CT molecular complexity index is 800. The normalized spacial score (nSPS) is 13.4. The molecule has 1 unspecified atom stereocenters. The zero-order valence-corrected chi connectivity index (χ0v) is 17.0. The van der Waals surface area contributed by atoms with E-state index in [0.717, 1.165) is 24.5 Å². The van der Waals surface area contributed by atoms with E-state index in [-0.39, 0.29) is 4.90 Å². The number of rotatable bonds is 8. The number of sulfonamides is 1. The van der Waals surface area contributed by atoms with Crippen LogP contribution in [0.25, 0.3) is 0 Å². The van der Waals surface area contributed by atoms with Crippen molar-refractivity contribution in [2.45, 2.75) is 24.8 Å². The molecule has 2 rings (SSSR count). The molecule has 142 valence electrons. The average Bonchev–Trinajstić information content (AvgIpc) is 3.15. The third kappa shape index (κ3) is 6.12. The number of thiophene rings is 1. The van der Waals surface area contributed by atoms with Crippen LogP contribution in [0.2, 0.25) is 0 Å². The Kier molecular flexibility index (Phi) is 7.62. The van der Waals surface area contributed by atoms with Crippen LogP contribution < -0.4 is 15.4 Å². The third-order valence-electron chi connectivity index (χ3n) is 3.93. The van der Waals surface area contributed by atoms with Gasteiger partial charge in [0.2, 0.25) is 10.0 Å².